The summed E-state index contributed by atoms with van der Waals surface area (Å²) in [5, 5.41) is 10.5. The van der Waals surface area contributed by atoms with Crippen LogP contribution in [0.3, 0.4) is 0 Å². The zero-order chi connectivity index (χ0) is 21.5. The van der Waals surface area contributed by atoms with Crippen molar-refractivity contribution in [3.05, 3.63) is 24.3 Å². The zero-order valence-corrected chi connectivity index (χ0v) is 20.2. The van der Waals surface area contributed by atoms with Gasteiger partial charge in [-0.25, -0.2) is 0 Å². The van der Waals surface area contributed by atoms with Gasteiger partial charge in [0.25, 0.3) is 0 Å². The predicted octanol–water partition coefficient (Wildman–Crippen LogP) is 6.54. The average molecular weight is 413 g/mol. The molecule has 10 unspecified atom stereocenters. The smallest absolute Gasteiger partial charge is 0.0957 e. The lowest BCUT2D eigenvalue weighted by Gasteiger charge is -2.56. The molecule has 2 spiro atoms. The van der Waals surface area contributed by atoms with Gasteiger partial charge in [0.2, 0.25) is 0 Å². The zero-order valence-electron chi connectivity index (χ0n) is 20.2. The second kappa shape index (κ2) is 6.70. The summed E-state index contributed by atoms with van der Waals surface area (Å²) in [6.07, 6.45) is 17.8. The number of allylic oxidation sites excluding steroid dienone is 2. The van der Waals surface area contributed by atoms with Gasteiger partial charge in [0.1, 0.15) is 0 Å². The van der Waals surface area contributed by atoms with Gasteiger partial charge in [-0.05, 0) is 73.5 Å². The monoisotopic (exact) mass is 412 g/mol. The molecule has 4 fully saturated rings. The molecule has 3 aliphatic carbocycles. The van der Waals surface area contributed by atoms with Gasteiger partial charge >= 0.3 is 0 Å². The number of hydrogen-bond donors (Lipinski definition) is 1. The minimum Gasteiger partial charge on any atom is -0.393 e. The fourth-order valence-corrected chi connectivity index (χ4v) is 8.95. The number of aliphatic hydroxyl groups is 1. The van der Waals surface area contributed by atoms with Crippen molar-refractivity contribution in [2.75, 3.05) is 0 Å². The van der Waals surface area contributed by atoms with Gasteiger partial charge in [0.15, 0.2) is 0 Å². The summed E-state index contributed by atoms with van der Waals surface area (Å²) in [5.41, 5.74) is 0.282. The van der Waals surface area contributed by atoms with E-state index in [0.717, 1.165) is 25.2 Å². The average Bonchev–Trinajstić information content (AvgIpc) is 3.29. The molecule has 2 nitrogen and oxygen atoms in total. The summed E-state index contributed by atoms with van der Waals surface area (Å²) in [6.45, 7) is 14.5. The second-order valence-electron chi connectivity index (χ2n) is 12.7. The maximum absolute atomic E-state index is 10.5. The Morgan fingerprint density at radius 3 is 2.43 bits per heavy atom. The first-order valence-electron chi connectivity index (χ1n) is 12.8. The van der Waals surface area contributed by atoms with Gasteiger partial charge in [-0.15, -0.1) is 0 Å². The summed E-state index contributed by atoms with van der Waals surface area (Å²) in [4.78, 5) is 0. The van der Waals surface area contributed by atoms with Crippen LogP contribution in [0.25, 0.3) is 0 Å². The molecule has 2 heteroatoms. The summed E-state index contributed by atoms with van der Waals surface area (Å²) in [7, 11) is 0. The highest BCUT2D eigenvalue weighted by Gasteiger charge is 2.76. The van der Waals surface area contributed by atoms with Gasteiger partial charge in [-0.1, -0.05) is 65.8 Å². The summed E-state index contributed by atoms with van der Waals surface area (Å²) >= 11 is 0. The van der Waals surface area contributed by atoms with Gasteiger partial charge in [0, 0.05) is 17.8 Å². The van der Waals surface area contributed by atoms with Crippen LogP contribution in [-0.4, -0.2) is 22.4 Å². The molecule has 2 aliphatic heterocycles. The third kappa shape index (κ3) is 2.56. The first kappa shape index (κ1) is 21.3. The number of ether oxygens (including phenoxy) is 1. The highest BCUT2D eigenvalue weighted by atomic mass is 16.5. The topological polar surface area (TPSA) is 29.5 Å². The molecule has 1 saturated heterocycles. The van der Waals surface area contributed by atoms with Crippen molar-refractivity contribution in [2.24, 2.45) is 46.3 Å². The van der Waals surface area contributed by atoms with Crippen LogP contribution in [-0.2, 0) is 4.74 Å². The first-order valence-corrected chi connectivity index (χ1v) is 12.8. The Labute approximate surface area is 184 Å². The van der Waals surface area contributed by atoms with Crippen molar-refractivity contribution in [2.45, 2.75) is 104 Å². The molecule has 0 aromatic rings. The van der Waals surface area contributed by atoms with Crippen LogP contribution < -0.4 is 0 Å². The molecular formula is C28H44O2. The van der Waals surface area contributed by atoms with E-state index in [1.807, 2.05) is 0 Å². The summed E-state index contributed by atoms with van der Waals surface area (Å²) in [5.74, 6) is 4.00. The molecule has 0 aromatic heterocycles. The van der Waals surface area contributed by atoms with Crippen LogP contribution in [0.2, 0.25) is 0 Å². The number of hydrogen-bond acceptors (Lipinski definition) is 2. The van der Waals surface area contributed by atoms with Crippen LogP contribution in [0.4, 0.5) is 0 Å². The molecule has 0 radical (unpaired) electrons. The summed E-state index contributed by atoms with van der Waals surface area (Å²) < 4.78 is 7.18. The van der Waals surface area contributed by atoms with Crippen LogP contribution in [0, 0.1) is 46.3 Å². The fourth-order valence-electron chi connectivity index (χ4n) is 8.95. The van der Waals surface area contributed by atoms with Gasteiger partial charge in [-0.3, -0.25) is 0 Å². The van der Waals surface area contributed by atoms with Crippen molar-refractivity contribution in [1.29, 1.82) is 0 Å². The maximum Gasteiger partial charge on any atom is 0.0957 e. The minimum atomic E-state index is -0.211. The Balaban J connectivity index is 1.44. The quantitative estimate of drug-likeness (QED) is 0.531. The Morgan fingerprint density at radius 2 is 1.70 bits per heavy atom. The molecule has 2 bridgehead atoms. The summed E-state index contributed by atoms with van der Waals surface area (Å²) in [6, 6.07) is 0. The Bertz CT molecular complexity index is 754. The molecule has 2 heterocycles. The van der Waals surface area contributed by atoms with Crippen LogP contribution in [0.1, 0.15) is 86.5 Å². The lowest BCUT2D eigenvalue weighted by Crippen LogP contribution is -2.56. The lowest BCUT2D eigenvalue weighted by atomic mass is 9.46. The van der Waals surface area contributed by atoms with E-state index in [1.165, 1.54) is 25.7 Å². The highest BCUT2D eigenvalue weighted by molar-refractivity contribution is 5.38. The third-order valence-corrected chi connectivity index (χ3v) is 11.1. The van der Waals surface area contributed by atoms with E-state index in [9.17, 15) is 5.11 Å². The lowest BCUT2D eigenvalue weighted by molar-refractivity contribution is -0.142. The van der Waals surface area contributed by atoms with Gasteiger partial charge < -0.3 is 9.84 Å². The van der Waals surface area contributed by atoms with Gasteiger partial charge in [-0.2, -0.15) is 0 Å². The molecular weight excluding hydrogens is 368 g/mol. The molecule has 0 amide bonds. The van der Waals surface area contributed by atoms with E-state index < -0.39 is 0 Å². The molecule has 1 N–H and O–H groups in total. The van der Waals surface area contributed by atoms with Crippen molar-refractivity contribution >= 4 is 0 Å². The van der Waals surface area contributed by atoms with E-state index in [0.29, 0.717) is 35.0 Å². The molecule has 5 aliphatic rings. The molecule has 5 rings (SSSR count). The number of rotatable bonds is 4. The van der Waals surface area contributed by atoms with Crippen LogP contribution in [0.5, 0.6) is 0 Å². The van der Waals surface area contributed by atoms with E-state index in [2.05, 4.69) is 65.8 Å². The predicted molar refractivity (Wildman–Crippen MR) is 123 cm³/mol. The van der Waals surface area contributed by atoms with E-state index >= 15 is 0 Å². The Hall–Kier alpha value is -0.600. The van der Waals surface area contributed by atoms with E-state index in [1.54, 1.807) is 0 Å². The molecule has 0 aromatic carbocycles. The molecule has 10 atom stereocenters. The van der Waals surface area contributed by atoms with E-state index in [-0.39, 0.29) is 22.7 Å². The third-order valence-electron chi connectivity index (χ3n) is 11.1. The maximum atomic E-state index is 10.5. The second-order valence-corrected chi connectivity index (χ2v) is 12.7. The molecule has 30 heavy (non-hydrogen) atoms. The Morgan fingerprint density at radius 1 is 0.933 bits per heavy atom. The van der Waals surface area contributed by atoms with E-state index in [4.69, 9.17) is 4.74 Å². The van der Waals surface area contributed by atoms with Crippen molar-refractivity contribution in [3.8, 4) is 0 Å². The van der Waals surface area contributed by atoms with Gasteiger partial charge in [0.05, 0.1) is 17.3 Å². The van der Waals surface area contributed by atoms with Crippen LogP contribution >= 0.6 is 0 Å². The Kier molecular flexibility index (Phi) is 4.75. The largest absolute Gasteiger partial charge is 0.393 e. The normalized spacial score (nSPS) is 53.7. The molecule has 168 valence electrons. The first-order chi connectivity index (χ1) is 14.1. The van der Waals surface area contributed by atoms with Crippen molar-refractivity contribution < 1.29 is 9.84 Å². The van der Waals surface area contributed by atoms with Crippen LogP contribution in [0.15, 0.2) is 24.3 Å². The fraction of sp³-hybridized carbons (Fsp3) is 0.857. The minimum absolute atomic E-state index is 0.0742. The standard InChI is InChI=1S/C28H44O2/c1-18(2)19(3)7-8-20(4)22-9-10-23-25(22,5)13-12-24-26(6)14-11-21(29)17-27(26)15-16-28(23,24)30-27/h7-8,15-16,18-24,29H,9-14,17H2,1-6H3. The SMILES string of the molecule is CC(C)C(C)C=CC(C)C1CCC2C1(C)CCC1C23C=CC2(CC(O)CCC12C)O3. The van der Waals surface area contributed by atoms with Crippen molar-refractivity contribution in [3.63, 3.8) is 0 Å². The number of aliphatic hydroxyl groups excluding tert-OH is 1. The van der Waals surface area contributed by atoms with Crippen molar-refractivity contribution in [1.82, 2.24) is 0 Å². The number of fused-ring (bicyclic) bond motifs is 2. The highest BCUT2D eigenvalue weighted by Crippen LogP contribution is 2.75. The molecule has 3 saturated carbocycles.